The van der Waals surface area contributed by atoms with Gasteiger partial charge in [-0.2, -0.15) is 0 Å². The third-order valence-electron chi connectivity index (χ3n) is 1.30. The summed E-state index contributed by atoms with van der Waals surface area (Å²) < 4.78 is 10.3. The maximum absolute atomic E-state index is 10.6. The Bertz CT molecular complexity index is 171. The summed E-state index contributed by atoms with van der Waals surface area (Å²) in [7, 11) is -3.88. The van der Waals surface area contributed by atoms with Crippen LogP contribution in [0.15, 0.2) is 0 Å². The Labute approximate surface area is 65.8 Å². The van der Waals surface area contributed by atoms with Crippen molar-refractivity contribution in [1.29, 1.82) is 0 Å². The van der Waals surface area contributed by atoms with Crippen LogP contribution in [0.2, 0.25) is 0 Å². The number of ketones is 1. The molecule has 0 aromatic rings. The van der Waals surface area contributed by atoms with Crippen molar-refractivity contribution in [3.8, 4) is 0 Å². The van der Waals surface area contributed by atoms with Crippen molar-refractivity contribution in [1.82, 2.24) is 0 Å². The molecule has 5 heteroatoms. The Hall–Kier alpha value is -0.180. The van der Waals surface area contributed by atoms with E-state index in [1.807, 2.05) is 0 Å². The number of hydrogen-bond acceptors (Lipinski definition) is 2. The largest absolute Gasteiger partial charge is 0.325 e. The summed E-state index contributed by atoms with van der Waals surface area (Å²) in [4.78, 5) is 27.5. The van der Waals surface area contributed by atoms with Crippen LogP contribution >= 0.6 is 7.60 Å². The first-order chi connectivity index (χ1) is 4.95. The zero-order chi connectivity index (χ0) is 8.91. The number of rotatable bonds is 5. The van der Waals surface area contributed by atoms with E-state index >= 15 is 0 Å². The molecule has 2 N–H and O–H groups in total. The first-order valence-electron chi connectivity index (χ1n) is 3.52. The van der Waals surface area contributed by atoms with Crippen molar-refractivity contribution >= 4 is 13.4 Å². The van der Waals surface area contributed by atoms with E-state index in [1.54, 1.807) is 6.92 Å². The summed E-state index contributed by atoms with van der Waals surface area (Å²) in [5.41, 5.74) is 0. The summed E-state index contributed by atoms with van der Waals surface area (Å²) in [6, 6.07) is 0. The highest BCUT2D eigenvalue weighted by atomic mass is 31.2. The third kappa shape index (κ3) is 7.72. The predicted octanol–water partition coefficient (Wildman–Crippen LogP) is 0.923. The Balaban J connectivity index is 3.43. The molecule has 66 valence electrons. The van der Waals surface area contributed by atoms with Gasteiger partial charge in [-0.1, -0.05) is 6.92 Å². The van der Waals surface area contributed by atoms with Gasteiger partial charge in [-0.05, 0) is 6.42 Å². The van der Waals surface area contributed by atoms with Crippen LogP contribution in [0.25, 0.3) is 0 Å². The van der Waals surface area contributed by atoms with Crippen LogP contribution in [-0.2, 0) is 9.36 Å². The topological polar surface area (TPSA) is 74.6 Å². The zero-order valence-corrected chi connectivity index (χ0v) is 7.38. The lowest BCUT2D eigenvalue weighted by Gasteiger charge is -2.01. The molecule has 0 aromatic carbocycles. The van der Waals surface area contributed by atoms with Gasteiger partial charge in [-0.3, -0.25) is 9.36 Å². The van der Waals surface area contributed by atoms with E-state index in [2.05, 4.69) is 0 Å². The summed E-state index contributed by atoms with van der Waals surface area (Å²) in [5.74, 6) is 0.0541. The van der Waals surface area contributed by atoms with E-state index in [9.17, 15) is 9.36 Å². The number of carbonyl (C=O) groups excluding carboxylic acids is 1. The van der Waals surface area contributed by atoms with Crippen LogP contribution in [0.4, 0.5) is 0 Å². The normalized spacial score (nSPS) is 11.5. The molecule has 0 amide bonds. The standard InChI is InChI=1S/C6H13O4P/c1-2-6(7)4-3-5-11(8,9)10/h2-5H2,1H3,(H2,8,9,10). The Kier molecular flexibility index (Phi) is 4.57. The fraction of sp³-hybridized carbons (Fsp3) is 0.833. The molecule has 0 bridgehead atoms. The summed E-state index contributed by atoms with van der Waals surface area (Å²) in [5, 5.41) is 0. The molecule has 0 unspecified atom stereocenters. The molecule has 0 fully saturated rings. The minimum absolute atomic E-state index is 0.0541. The average molecular weight is 180 g/mol. The Morgan fingerprint density at radius 2 is 2.00 bits per heavy atom. The van der Waals surface area contributed by atoms with Gasteiger partial charge < -0.3 is 9.79 Å². The van der Waals surface area contributed by atoms with Crippen molar-refractivity contribution < 1.29 is 19.1 Å². The fourth-order valence-electron chi connectivity index (χ4n) is 0.659. The van der Waals surface area contributed by atoms with E-state index in [-0.39, 0.29) is 24.8 Å². The van der Waals surface area contributed by atoms with Crippen molar-refractivity contribution in [2.75, 3.05) is 6.16 Å². The second-order valence-electron chi connectivity index (χ2n) is 2.38. The van der Waals surface area contributed by atoms with Crippen LogP contribution in [0.5, 0.6) is 0 Å². The molecule has 11 heavy (non-hydrogen) atoms. The quantitative estimate of drug-likeness (QED) is 0.617. The highest BCUT2D eigenvalue weighted by Crippen LogP contribution is 2.35. The van der Waals surface area contributed by atoms with E-state index < -0.39 is 7.60 Å². The maximum Gasteiger partial charge on any atom is 0.325 e. The maximum atomic E-state index is 10.6. The molecule has 0 aromatic heterocycles. The first kappa shape index (κ1) is 10.8. The predicted molar refractivity (Wildman–Crippen MR) is 41.4 cm³/mol. The molecule has 0 spiro atoms. The minimum Gasteiger partial charge on any atom is -0.324 e. The van der Waals surface area contributed by atoms with Crippen molar-refractivity contribution in [3.05, 3.63) is 0 Å². The number of Topliss-reactive ketones (excluding diaryl/α,β-unsaturated/α-hetero) is 1. The van der Waals surface area contributed by atoms with Crippen molar-refractivity contribution in [2.24, 2.45) is 0 Å². The van der Waals surface area contributed by atoms with Gasteiger partial charge in [0.25, 0.3) is 0 Å². The van der Waals surface area contributed by atoms with Gasteiger partial charge in [0.2, 0.25) is 0 Å². The molecule has 0 radical (unpaired) electrons. The molecule has 0 aliphatic rings. The van der Waals surface area contributed by atoms with Crippen molar-refractivity contribution in [3.63, 3.8) is 0 Å². The highest BCUT2D eigenvalue weighted by molar-refractivity contribution is 7.51. The Morgan fingerprint density at radius 3 is 2.36 bits per heavy atom. The lowest BCUT2D eigenvalue weighted by atomic mass is 10.2. The monoisotopic (exact) mass is 180 g/mol. The third-order valence-corrected chi connectivity index (χ3v) is 2.20. The number of carbonyl (C=O) groups is 1. The van der Waals surface area contributed by atoms with Gasteiger partial charge >= 0.3 is 7.60 Å². The second kappa shape index (κ2) is 4.65. The van der Waals surface area contributed by atoms with E-state index in [1.165, 1.54) is 0 Å². The van der Waals surface area contributed by atoms with E-state index in [0.717, 1.165) is 0 Å². The molecule has 4 nitrogen and oxygen atoms in total. The first-order valence-corrected chi connectivity index (χ1v) is 5.31. The van der Waals surface area contributed by atoms with Gasteiger partial charge in [-0.15, -0.1) is 0 Å². The highest BCUT2D eigenvalue weighted by Gasteiger charge is 2.12. The smallest absolute Gasteiger partial charge is 0.324 e. The van der Waals surface area contributed by atoms with Crippen molar-refractivity contribution in [2.45, 2.75) is 26.2 Å². The summed E-state index contributed by atoms with van der Waals surface area (Å²) >= 11 is 0. The fourth-order valence-corrected chi connectivity index (χ4v) is 1.23. The van der Waals surface area contributed by atoms with Crippen LogP contribution in [0.1, 0.15) is 26.2 Å². The lowest BCUT2D eigenvalue weighted by molar-refractivity contribution is -0.118. The Morgan fingerprint density at radius 1 is 1.45 bits per heavy atom. The van der Waals surface area contributed by atoms with E-state index in [0.29, 0.717) is 6.42 Å². The minimum atomic E-state index is -3.88. The SMILES string of the molecule is CCC(=O)CCCP(=O)(O)O. The molecular weight excluding hydrogens is 167 g/mol. The van der Waals surface area contributed by atoms with Gasteiger partial charge in [0.05, 0.1) is 6.16 Å². The molecular formula is C6H13O4P. The van der Waals surface area contributed by atoms with Crippen LogP contribution in [0.3, 0.4) is 0 Å². The van der Waals surface area contributed by atoms with Gasteiger partial charge in [0.1, 0.15) is 5.78 Å². The van der Waals surface area contributed by atoms with E-state index in [4.69, 9.17) is 9.79 Å². The van der Waals surface area contributed by atoms with Gasteiger partial charge in [0, 0.05) is 12.8 Å². The average Bonchev–Trinajstić information content (AvgIpc) is 1.85. The molecule has 0 atom stereocenters. The van der Waals surface area contributed by atoms with Gasteiger partial charge in [0.15, 0.2) is 0 Å². The second-order valence-corrected chi connectivity index (χ2v) is 4.16. The molecule has 0 aliphatic heterocycles. The van der Waals surface area contributed by atoms with Crippen LogP contribution in [0, 0.1) is 0 Å². The molecule has 0 saturated heterocycles. The summed E-state index contributed by atoms with van der Waals surface area (Å²) in [6.07, 6.45) is 0.832. The lowest BCUT2D eigenvalue weighted by Crippen LogP contribution is -1.97. The zero-order valence-electron chi connectivity index (χ0n) is 6.49. The molecule has 0 heterocycles. The van der Waals surface area contributed by atoms with Crippen LogP contribution in [-0.4, -0.2) is 21.7 Å². The summed E-state index contributed by atoms with van der Waals surface area (Å²) in [6.45, 7) is 1.74. The molecule has 0 aliphatic carbocycles. The molecule has 0 saturated carbocycles. The number of hydrogen-bond donors (Lipinski definition) is 2. The molecule has 0 rings (SSSR count). The van der Waals surface area contributed by atoms with Gasteiger partial charge in [-0.25, -0.2) is 0 Å². The van der Waals surface area contributed by atoms with Crippen LogP contribution < -0.4 is 0 Å².